The summed E-state index contributed by atoms with van der Waals surface area (Å²) >= 11 is 1.50. The van der Waals surface area contributed by atoms with Crippen LogP contribution in [0.1, 0.15) is 32.3 Å². The zero-order valence-corrected chi connectivity index (χ0v) is 20.0. The smallest absolute Gasteiger partial charge is 0.322 e. The van der Waals surface area contributed by atoms with E-state index < -0.39 is 48.4 Å². The van der Waals surface area contributed by atoms with Crippen molar-refractivity contribution in [2.75, 3.05) is 18.6 Å². The van der Waals surface area contributed by atoms with Crippen molar-refractivity contribution in [2.45, 2.75) is 51.2 Å². The van der Waals surface area contributed by atoms with Crippen molar-refractivity contribution < 1.29 is 29.4 Å². The van der Waals surface area contributed by atoms with Crippen molar-refractivity contribution in [3.8, 4) is 5.75 Å². The molecular formula is C22H34N4O6S. The molecule has 10 nitrogen and oxygen atoms in total. The van der Waals surface area contributed by atoms with Gasteiger partial charge in [-0.15, -0.1) is 0 Å². The number of phenols is 1. The molecule has 3 amide bonds. The van der Waals surface area contributed by atoms with E-state index in [2.05, 4.69) is 16.0 Å². The minimum Gasteiger partial charge on any atom is -0.508 e. The van der Waals surface area contributed by atoms with Crippen LogP contribution in [-0.4, -0.2) is 70.6 Å². The van der Waals surface area contributed by atoms with E-state index >= 15 is 0 Å². The van der Waals surface area contributed by atoms with Crippen LogP contribution in [0.4, 0.5) is 0 Å². The lowest BCUT2D eigenvalue weighted by Crippen LogP contribution is -2.56. The molecule has 33 heavy (non-hydrogen) atoms. The van der Waals surface area contributed by atoms with Crippen molar-refractivity contribution in [3.05, 3.63) is 29.8 Å². The molecule has 184 valence electrons. The standard InChI is InChI=1S/C22H34N4O6S/c1-13(2)10-18(21(31)24-12-19(28)29)26-22(32)17(8-9-33-3)25-20(30)16(23)11-14-4-6-15(27)7-5-14/h4-7,13,16-18,27H,8-12,23H2,1-3H3,(H,24,31)(H,25,30)(H,26,32)(H,28,29). The molecule has 0 radical (unpaired) electrons. The van der Waals surface area contributed by atoms with Crippen LogP contribution in [0.3, 0.4) is 0 Å². The third kappa shape index (κ3) is 11.1. The number of thioether (sulfide) groups is 1. The second kappa shape index (κ2) is 14.4. The second-order valence-corrected chi connectivity index (χ2v) is 9.11. The van der Waals surface area contributed by atoms with E-state index in [1.165, 1.54) is 23.9 Å². The Kier molecular flexibility index (Phi) is 12.3. The molecule has 0 saturated heterocycles. The molecule has 0 aliphatic carbocycles. The molecule has 7 N–H and O–H groups in total. The van der Waals surface area contributed by atoms with Crippen molar-refractivity contribution >= 4 is 35.5 Å². The van der Waals surface area contributed by atoms with Gasteiger partial charge in [-0.2, -0.15) is 11.8 Å². The number of carbonyl (C=O) groups is 4. The number of hydrogen-bond acceptors (Lipinski definition) is 7. The SMILES string of the molecule is CSCCC(NC(=O)C(N)Cc1ccc(O)cc1)C(=O)NC(CC(C)C)C(=O)NCC(=O)O. The fourth-order valence-electron chi connectivity index (χ4n) is 3.02. The third-order valence-electron chi connectivity index (χ3n) is 4.73. The number of hydrogen-bond donors (Lipinski definition) is 6. The number of carboxylic acid groups (broad SMARTS) is 1. The normalized spacial score (nSPS) is 13.6. The Balaban J connectivity index is 2.84. The number of carbonyl (C=O) groups excluding carboxylic acids is 3. The number of benzene rings is 1. The molecule has 0 heterocycles. The lowest BCUT2D eigenvalue weighted by molar-refractivity contribution is -0.138. The number of carboxylic acids is 1. The summed E-state index contributed by atoms with van der Waals surface area (Å²) in [5.41, 5.74) is 6.77. The van der Waals surface area contributed by atoms with Gasteiger partial charge < -0.3 is 31.9 Å². The summed E-state index contributed by atoms with van der Waals surface area (Å²) in [6.07, 6.45) is 2.72. The highest BCUT2D eigenvalue weighted by Gasteiger charge is 2.28. The first-order valence-corrected chi connectivity index (χ1v) is 12.1. The van der Waals surface area contributed by atoms with Crippen LogP contribution in [-0.2, 0) is 25.6 Å². The maximum absolute atomic E-state index is 12.9. The lowest BCUT2D eigenvalue weighted by atomic mass is 10.0. The monoisotopic (exact) mass is 482 g/mol. The van der Waals surface area contributed by atoms with Crippen LogP contribution in [0, 0.1) is 5.92 Å². The van der Waals surface area contributed by atoms with Gasteiger partial charge in [0.25, 0.3) is 0 Å². The molecule has 1 aromatic carbocycles. The lowest BCUT2D eigenvalue weighted by Gasteiger charge is -2.25. The highest BCUT2D eigenvalue weighted by Crippen LogP contribution is 2.11. The van der Waals surface area contributed by atoms with Gasteiger partial charge in [0.05, 0.1) is 6.04 Å². The molecule has 0 fully saturated rings. The molecule has 3 atom stereocenters. The maximum atomic E-state index is 12.9. The van der Waals surface area contributed by atoms with Crippen LogP contribution in [0.5, 0.6) is 5.75 Å². The molecular weight excluding hydrogens is 448 g/mol. The summed E-state index contributed by atoms with van der Waals surface area (Å²) in [4.78, 5) is 48.7. The van der Waals surface area contributed by atoms with Crippen LogP contribution in [0.25, 0.3) is 0 Å². The average molecular weight is 483 g/mol. The van der Waals surface area contributed by atoms with Gasteiger partial charge >= 0.3 is 5.97 Å². The summed E-state index contributed by atoms with van der Waals surface area (Å²) in [5.74, 6) is -2.08. The number of phenolic OH excluding ortho intramolecular Hbond substituents is 1. The Labute approximate surface area is 198 Å². The van der Waals surface area contributed by atoms with Crippen LogP contribution < -0.4 is 21.7 Å². The summed E-state index contributed by atoms with van der Waals surface area (Å²) in [7, 11) is 0. The van der Waals surface area contributed by atoms with E-state index in [0.717, 1.165) is 5.56 Å². The van der Waals surface area contributed by atoms with E-state index in [4.69, 9.17) is 10.8 Å². The summed E-state index contributed by atoms with van der Waals surface area (Å²) in [5, 5.41) is 25.8. The minimum absolute atomic E-state index is 0.0591. The number of aromatic hydroxyl groups is 1. The van der Waals surface area contributed by atoms with Crippen molar-refractivity contribution in [1.82, 2.24) is 16.0 Å². The topological polar surface area (TPSA) is 171 Å². The Morgan fingerprint density at radius 3 is 2.15 bits per heavy atom. The minimum atomic E-state index is -1.19. The number of nitrogens with two attached hydrogens (primary N) is 1. The van der Waals surface area contributed by atoms with Gasteiger partial charge in [-0.1, -0.05) is 26.0 Å². The zero-order valence-electron chi connectivity index (χ0n) is 19.2. The molecule has 1 aromatic rings. The van der Waals surface area contributed by atoms with Crippen LogP contribution >= 0.6 is 11.8 Å². The van der Waals surface area contributed by atoms with E-state index in [-0.39, 0.29) is 18.1 Å². The summed E-state index contributed by atoms with van der Waals surface area (Å²) in [6.45, 7) is 3.19. The van der Waals surface area contributed by atoms with E-state index in [9.17, 15) is 24.3 Å². The maximum Gasteiger partial charge on any atom is 0.322 e. The molecule has 0 aromatic heterocycles. The molecule has 0 aliphatic rings. The van der Waals surface area contributed by atoms with Gasteiger partial charge in [-0.3, -0.25) is 19.2 Å². The summed E-state index contributed by atoms with van der Waals surface area (Å²) < 4.78 is 0. The fraction of sp³-hybridized carbons (Fsp3) is 0.545. The predicted octanol–water partition coefficient (Wildman–Crippen LogP) is 0.232. The van der Waals surface area contributed by atoms with Gasteiger partial charge in [0.1, 0.15) is 24.4 Å². The van der Waals surface area contributed by atoms with Gasteiger partial charge in [0, 0.05) is 0 Å². The van der Waals surface area contributed by atoms with E-state index in [0.29, 0.717) is 18.6 Å². The first kappa shape index (κ1) is 28.2. The molecule has 0 saturated carbocycles. The number of aliphatic carboxylic acids is 1. The first-order chi connectivity index (χ1) is 15.5. The fourth-order valence-corrected chi connectivity index (χ4v) is 3.49. The van der Waals surface area contributed by atoms with Crippen molar-refractivity contribution in [2.24, 2.45) is 11.7 Å². The molecule has 0 spiro atoms. The molecule has 3 unspecified atom stereocenters. The summed E-state index contributed by atoms with van der Waals surface area (Å²) in [6, 6.07) is 3.57. The Morgan fingerprint density at radius 1 is 1.00 bits per heavy atom. The van der Waals surface area contributed by atoms with Gasteiger partial charge in [-0.05, 0) is 54.9 Å². The van der Waals surface area contributed by atoms with Gasteiger partial charge in [0.2, 0.25) is 17.7 Å². The highest BCUT2D eigenvalue weighted by atomic mass is 32.2. The second-order valence-electron chi connectivity index (χ2n) is 8.12. The van der Waals surface area contributed by atoms with Crippen LogP contribution in [0.2, 0.25) is 0 Å². The van der Waals surface area contributed by atoms with Gasteiger partial charge in [0.15, 0.2) is 0 Å². The van der Waals surface area contributed by atoms with E-state index in [1.807, 2.05) is 20.1 Å². The quantitative estimate of drug-likeness (QED) is 0.219. The Morgan fingerprint density at radius 2 is 1.61 bits per heavy atom. The number of amides is 3. The molecule has 0 bridgehead atoms. The van der Waals surface area contributed by atoms with Crippen LogP contribution in [0.15, 0.2) is 24.3 Å². The van der Waals surface area contributed by atoms with Crippen molar-refractivity contribution in [3.63, 3.8) is 0 Å². The Bertz CT molecular complexity index is 803. The average Bonchev–Trinajstić information content (AvgIpc) is 2.75. The van der Waals surface area contributed by atoms with E-state index in [1.54, 1.807) is 12.1 Å². The molecule has 11 heteroatoms. The van der Waals surface area contributed by atoms with Crippen molar-refractivity contribution in [1.29, 1.82) is 0 Å². The molecule has 0 aliphatic heterocycles. The highest BCUT2D eigenvalue weighted by molar-refractivity contribution is 7.98. The largest absolute Gasteiger partial charge is 0.508 e. The Hall–Kier alpha value is -2.79. The molecule has 1 rings (SSSR count). The zero-order chi connectivity index (χ0) is 25.0. The number of nitrogens with one attached hydrogen (secondary N) is 3. The predicted molar refractivity (Wildman–Crippen MR) is 127 cm³/mol. The van der Waals surface area contributed by atoms with Gasteiger partial charge in [-0.25, -0.2) is 0 Å². The number of rotatable bonds is 14. The third-order valence-corrected chi connectivity index (χ3v) is 5.37. The first-order valence-electron chi connectivity index (χ1n) is 10.7.